The molecule has 0 bridgehead atoms. The van der Waals surface area contributed by atoms with E-state index in [1.165, 1.54) is 0 Å². The normalized spacial score (nSPS) is 15.8. The van der Waals surface area contributed by atoms with E-state index < -0.39 is 0 Å². The van der Waals surface area contributed by atoms with Crippen molar-refractivity contribution >= 4 is 22.8 Å². The number of nitrogens with zero attached hydrogens (tertiary/aromatic N) is 4. The number of hydrogen-bond donors (Lipinski definition) is 0. The summed E-state index contributed by atoms with van der Waals surface area (Å²) in [6.45, 7) is 6.11. The van der Waals surface area contributed by atoms with Gasteiger partial charge in [0.15, 0.2) is 5.78 Å². The van der Waals surface area contributed by atoms with Crippen LogP contribution in [0.3, 0.4) is 0 Å². The van der Waals surface area contributed by atoms with E-state index in [1.807, 2.05) is 11.6 Å². The molecule has 0 aliphatic carbocycles. The summed E-state index contributed by atoms with van der Waals surface area (Å²) in [5.74, 6) is 0.0284. The van der Waals surface area contributed by atoms with Crippen LogP contribution in [-0.2, 0) is 6.54 Å². The third kappa shape index (κ3) is 3.81. The quantitative estimate of drug-likeness (QED) is 0.801. The Morgan fingerprint density at radius 3 is 2.92 bits per heavy atom. The lowest BCUT2D eigenvalue weighted by Gasteiger charge is -2.24. The van der Waals surface area contributed by atoms with Crippen LogP contribution in [0.1, 0.15) is 35.0 Å². The van der Waals surface area contributed by atoms with Crippen molar-refractivity contribution in [3.05, 3.63) is 45.9 Å². The number of nitriles is 1. The average Bonchev–Trinajstić information content (AvgIpc) is 2.99. The second kappa shape index (κ2) is 7.56. The van der Waals surface area contributed by atoms with E-state index in [2.05, 4.69) is 26.2 Å². The van der Waals surface area contributed by atoms with Gasteiger partial charge >= 0.3 is 0 Å². The van der Waals surface area contributed by atoms with E-state index in [-0.39, 0.29) is 5.78 Å². The van der Waals surface area contributed by atoms with Gasteiger partial charge in [0, 0.05) is 43.7 Å². The van der Waals surface area contributed by atoms with E-state index >= 15 is 0 Å². The van der Waals surface area contributed by atoms with E-state index in [0.717, 1.165) is 50.5 Å². The fourth-order valence-corrected chi connectivity index (χ4v) is 3.57. The van der Waals surface area contributed by atoms with Crippen molar-refractivity contribution < 1.29 is 4.79 Å². The number of carbonyl (C=O) groups is 1. The number of benzene rings is 1. The lowest BCUT2D eigenvalue weighted by molar-refractivity contribution is 0.101. The van der Waals surface area contributed by atoms with Gasteiger partial charge in [-0.25, -0.2) is 4.98 Å². The molecule has 1 aliphatic rings. The molecule has 5 nitrogen and oxygen atoms in total. The van der Waals surface area contributed by atoms with Crippen LogP contribution in [0.5, 0.6) is 0 Å². The minimum atomic E-state index is 0.0284. The van der Waals surface area contributed by atoms with Gasteiger partial charge in [-0.3, -0.25) is 9.69 Å². The molecule has 0 amide bonds. The van der Waals surface area contributed by atoms with Crippen LogP contribution in [0.2, 0.25) is 0 Å². The highest BCUT2D eigenvalue weighted by Gasteiger charge is 2.19. The van der Waals surface area contributed by atoms with Gasteiger partial charge in [0.2, 0.25) is 0 Å². The molecule has 24 heavy (non-hydrogen) atoms. The predicted octanol–water partition coefficient (Wildman–Crippen LogP) is 2.93. The molecule has 124 valence electrons. The van der Waals surface area contributed by atoms with Gasteiger partial charge in [0.05, 0.1) is 22.5 Å². The summed E-state index contributed by atoms with van der Waals surface area (Å²) in [5.41, 5.74) is 5.15. The summed E-state index contributed by atoms with van der Waals surface area (Å²) < 4.78 is 0. The third-order valence-corrected chi connectivity index (χ3v) is 4.96. The Balaban J connectivity index is 1.75. The van der Waals surface area contributed by atoms with Crippen LogP contribution < -0.4 is 4.90 Å². The van der Waals surface area contributed by atoms with Crippen molar-refractivity contribution in [3.63, 3.8) is 0 Å². The van der Waals surface area contributed by atoms with Crippen LogP contribution in [0.4, 0.5) is 5.69 Å². The van der Waals surface area contributed by atoms with Crippen molar-refractivity contribution in [1.29, 1.82) is 5.26 Å². The number of rotatable bonds is 4. The minimum Gasteiger partial charge on any atom is -0.369 e. The van der Waals surface area contributed by atoms with Crippen molar-refractivity contribution in [2.24, 2.45) is 0 Å². The fraction of sp³-hybridized carbons (Fsp3) is 0.389. The zero-order valence-electron chi connectivity index (χ0n) is 13.7. The monoisotopic (exact) mass is 340 g/mol. The van der Waals surface area contributed by atoms with Gasteiger partial charge in [-0.15, -0.1) is 11.3 Å². The van der Waals surface area contributed by atoms with Crippen LogP contribution in [0, 0.1) is 11.3 Å². The molecule has 6 heteroatoms. The molecular weight excluding hydrogens is 320 g/mol. The number of anilines is 1. The zero-order chi connectivity index (χ0) is 16.9. The molecule has 0 radical (unpaired) electrons. The Kier molecular flexibility index (Phi) is 5.24. The van der Waals surface area contributed by atoms with Gasteiger partial charge in [-0.2, -0.15) is 5.26 Å². The first kappa shape index (κ1) is 16.6. The van der Waals surface area contributed by atoms with Gasteiger partial charge in [0.1, 0.15) is 6.07 Å². The maximum atomic E-state index is 11.7. The molecule has 1 aromatic heterocycles. The smallest absolute Gasteiger partial charge is 0.159 e. The van der Waals surface area contributed by atoms with E-state index in [4.69, 9.17) is 0 Å². The maximum Gasteiger partial charge on any atom is 0.159 e. The Bertz CT molecular complexity index is 751. The van der Waals surface area contributed by atoms with Gasteiger partial charge < -0.3 is 4.90 Å². The zero-order valence-corrected chi connectivity index (χ0v) is 14.6. The molecular formula is C18H20N4OS. The summed E-state index contributed by atoms with van der Waals surface area (Å²) in [7, 11) is 0. The number of ketones is 1. The summed E-state index contributed by atoms with van der Waals surface area (Å²) in [6, 6.07) is 7.60. The molecule has 0 atom stereocenters. The fourth-order valence-electron chi connectivity index (χ4n) is 3.02. The molecule has 0 N–H and O–H groups in total. The van der Waals surface area contributed by atoms with Crippen LogP contribution in [0.15, 0.2) is 29.1 Å². The third-order valence-electron chi connectivity index (χ3n) is 4.32. The van der Waals surface area contributed by atoms with Gasteiger partial charge in [0.25, 0.3) is 0 Å². The lowest BCUT2D eigenvalue weighted by atomic mass is 10.1. The molecule has 0 spiro atoms. The number of thiazole rings is 1. The van der Waals surface area contributed by atoms with Gasteiger partial charge in [-0.05, 0) is 31.5 Å². The molecule has 1 aromatic carbocycles. The number of hydrogen-bond acceptors (Lipinski definition) is 6. The van der Waals surface area contributed by atoms with Crippen LogP contribution in [-0.4, -0.2) is 41.8 Å². The molecule has 2 heterocycles. The van der Waals surface area contributed by atoms with Crippen molar-refractivity contribution in [3.8, 4) is 6.07 Å². The van der Waals surface area contributed by atoms with Crippen molar-refractivity contribution in [1.82, 2.24) is 9.88 Å². The lowest BCUT2D eigenvalue weighted by Crippen LogP contribution is -2.31. The Morgan fingerprint density at radius 1 is 1.33 bits per heavy atom. The van der Waals surface area contributed by atoms with E-state index in [0.29, 0.717) is 11.1 Å². The second-order valence-electron chi connectivity index (χ2n) is 6.00. The molecule has 0 saturated carbocycles. The Morgan fingerprint density at radius 2 is 2.21 bits per heavy atom. The molecule has 3 rings (SSSR count). The van der Waals surface area contributed by atoms with Crippen molar-refractivity contribution in [2.45, 2.75) is 19.9 Å². The molecule has 1 saturated heterocycles. The minimum absolute atomic E-state index is 0.0284. The first-order chi connectivity index (χ1) is 11.7. The standard InChI is InChI=1S/C18H20N4OS/c1-14(23)15-3-4-16(10-19)18(9-15)22-6-2-5-21(7-8-22)11-17-12-24-13-20-17/h3-4,9,12-13H,2,5-8,11H2,1H3. The highest BCUT2D eigenvalue weighted by atomic mass is 32.1. The topological polar surface area (TPSA) is 60.2 Å². The number of Topliss-reactive ketones (excluding diaryl/α,β-unsaturated/α-hetero) is 1. The van der Waals surface area contributed by atoms with Crippen LogP contribution >= 0.6 is 11.3 Å². The van der Waals surface area contributed by atoms with E-state index in [9.17, 15) is 10.1 Å². The largest absolute Gasteiger partial charge is 0.369 e. The summed E-state index contributed by atoms with van der Waals surface area (Å²) in [6.07, 6.45) is 1.03. The summed E-state index contributed by atoms with van der Waals surface area (Å²) in [4.78, 5) is 20.6. The predicted molar refractivity (Wildman–Crippen MR) is 95.4 cm³/mol. The van der Waals surface area contributed by atoms with Crippen LogP contribution in [0.25, 0.3) is 0 Å². The summed E-state index contributed by atoms with van der Waals surface area (Å²) >= 11 is 1.62. The van der Waals surface area contributed by atoms with Crippen molar-refractivity contribution in [2.75, 3.05) is 31.1 Å². The summed E-state index contributed by atoms with van der Waals surface area (Å²) in [5, 5.41) is 11.5. The first-order valence-electron chi connectivity index (χ1n) is 8.07. The Hall–Kier alpha value is -2.23. The van der Waals surface area contributed by atoms with Gasteiger partial charge in [-0.1, -0.05) is 0 Å². The highest BCUT2D eigenvalue weighted by Crippen LogP contribution is 2.24. The molecule has 2 aromatic rings. The average molecular weight is 340 g/mol. The Labute approximate surface area is 146 Å². The second-order valence-corrected chi connectivity index (χ2v) is 6.72. The SMILES string of the molecule is CC(=O)c1ccc(C#N)c(N2CCCN(Cc3cscn3)CC2)c1. The molecule has 1 aliphatic heterocycles. The number of aromatic nitrogens is 1. The molecule has 1 fully saturated rings. The first-order valence-corrected chi connectivity index (χ1v) is 9.01. The highest BCUT2D eigenvalue weighted by molar-refractivity contribution is 7.07. The number of carbonyl (C=O) groups excluding carboxylic acids is 1. The molecule has 0 unspecified atom stereocenters. The maximum absolute atomic E-state index is 11.7. The van der Waals surface area contributed by atoms with E-state index in [1.54, 1.807) is 30.4 Å².